The molecule has 0 saturated carbocycles. The van der Waals surface area contributed by atoms with Crippen LogP contribution in [0.2, 0.25) is 0 Å². The van der Waals surface area contributed by atoms with Crippen molar-refractivity contribution in [2.75, 3.05) is 5.88 Å². The second-order valence-corrected chi connectivity index (χ2v) is 5.74. The van der Waals surface area contributed by atoms with Crippen LogP contribution >= 0.6 is 27.5 Å². The molecule has 17 heavy (non-hydrogen) atoms. The minimum absolute atomic E-state index is 0.494. The van der Waals surface area contributed by atoms with Gasteiger partial charge in [0.1, 0.15) is 0 Å². The zero-order valence-corrected chi connectivity index (χ0v) is 12.9. The van der Waals surface area contributed by atoms with Gasteiger partial charge in [0.15, 0.2) is 0 Å². The maximum Gasteiger partial charge on any atom is 0.0292 e. The van der Waals surface area contributed by atoms with E-state index in [-0.39, 0.29) is 0 Å². The van der Waals surface area contributed by atoms with Gasteiger partial charge < -0.3 is 0 Å². The molecule has 0 aliphatic rings. The van der Waals surface area contributed by atoms with Gasteiger partial charge in [0.2, 0.25) is 0 Å². The highest BCUT2D eigenvalue weighted by molar-refractivity contribution is 9.10. The Bertz CT molecular complexity index is 312. The van der Waals surface area contributed by atoms with Gasteiger partial charge in [-0.15, -0.1) is 11.6 Å². The van der Waals surface area contributed by atoms with Gasteiger partial charge in [0.25, 0.3) is 0 Å². The van der Waals surface area contributed by atoms with E-state index in [2.05, 4.69) is 47.1 Å². The lowest BCUT2D eigenvalue weighted by molar-refractivity contribution is 0.568. The Kier molecular flexibility index (Phi) is 7.96. The van der Waals surface area contributed by atoms with Crippen molar-refractivity contribution < 1.29 is 0 Å². The summed E-state index contributed by atoms with van der Waals surface area (Å²) in [6.07, 6.45) is 7.87. The van der Waals surface area contributed by atoms with Gasteiger partial charge in [-0.1, -0.05) is 73.2 Å². The molecule has 0 fully saturated rings. The van der Waals surface area contributed by atoms with Crippen molar-refractivity contribution in [1.29, 1.82) is 0 Å². The van der Waals surface area contributed by atoms with Crippen LogP contribution in [0.4, 0.5) is 0 Å². The zero-order chi connectivity index (χ0) is 12.5. The first kappa shape index (κ1) is 15.0. The second kappa shape index (κ2) is 8.99. The molecule has 0 N–H and O–H groups in total. The number of unbranched alkanes of at least 4 members (excludes halogenated alkanes) is 4. The molecule has 0 spiro atoms. The lowest BCUT2D eigenvalue weighted by Crippen LogP contribution is -2.01. The SMILES string of the molecule is CCCCCCCC(CCl)c1ccccc1Br. The predicted molar refractivity (Wildman–Crippen MR) is 81.0 cm³/mol. The van der Waals surface area contributed by atoms with E-state index >= 15 is 0 Å². The molecule has 0 nitrogen and oxygen atoms in total. The third kappa shape index (κ3) is 5.44. The van der Waals surface area contributed by atoms with Gasteiger partial charge in [0, 0.05) is 10.4 Å². The van der Waals surface area contributed by atoms with E-state index in [0.717, 1.165) is 5.88 Å². The number of hydrogen-bond donors (Lipinski definition) is 0. The van der Waals surface area contributed by atoms with E-state index in [0.29, 0.717) is 5.92 Å². The van der Waals surface area contributed by atoms with E-state index in [4.69, 9.17) is 11.6 Å². The number of rotatable bonds is 8. The third-order valence-electron chi connectivity index (χ3n) is 3.19. The van der Waals surface area contributed by atoms with Gasteiger partial charge in [-0.05, 0) is 24.0 Å². The van der Waals surface area contributed by atoms with E-state index in [1.165, 1.54) is 48.6 Å². The average Bonchev–Trinajstić information content (AvgIpc) is 2.35. The Labute approximate surface area is 119 Å². The molecule has 96 valence electrons. The standard InChI is InChI=1S/C15H22BrCl/c1-2-3-4-5-6-9-13(12-17)14-10-7-8-11-15(14)16/h7-8,10-11,13H,2-6,9,12H2,1H3. The van der Waals surface area contributed by atoms with Crippen LogP contribution in [0.5, 0.6) is 0 Å². The summed E-state index contributed by atoms with van der Waals surface area (Å²) in [5.74, 6) is 1.21. The molecule has 1 rings (SSSR count). The first-order chi connectivity index (χ1) is 8.29. The van der Waals surface area contributed by atoms with Crippen molar-refractivity contribution in [2.45, 2.75) is 51.4 Å². The fraction of sp³-hybridized carbons (Fsp3) is 0.600. The summed E-state index contributed by atoms with van der Waals surface area (Å²) in [4.78, 5) is 0. The lowest BCUT2D eigenvalue weighted by Gasteiger charge is -2.15. The zero-order valence-electron chi connectivity index (χ0n) is 10.6. The second-order valence-electron chi connectivity index (χ2n) is 4.58. The lowest BCUT2D eigenvalue weighted by atomic mass is 9.94. The fourth-order valence-corrected chi connectivity index (χ4v) is 3.05. The predicted octanol–water partition coefficient (Wildman–Crippen LogP) is 6.13. The summed E-state index contributed by atoms with van der Waals surface area (Å²) < 4.78 is 1.19. The molecule has 0 saturated heterocycles. The molecule has 0 radical (unpaired) electrons. The van der Waals surface area contributed by atoms with Crippen molar-refractivity contribution in [2.24, 2.45) is 0 Å². The Morgan fingerprint density at radius 2 is 1.82 bits per heavy atom. The maximum atomic E-state index is 6.09. The summed E-state index contributed by atoms with van der Waals surface area (Å²) in [6, 6.07) is 8.44. The van der Waals surface area contributed by atoms with Crippen molar-refractivity contribution >= 4 is 27.5 Å². The van der Waals surface area contributed by atoms with Crippen molar-refractivity contribution in [3.05, 3.63) is 34.3 Å². The van der Waals surface area contributed by atoms with Crippen LogP contribution in [0.15, 0.2) is 28.7 Å². The van der Waals surface area contributed by atoms with E-state index in [1.807, 2.05) is 0 Å². The molecule has 0 bridgehead atoms. The molecule has 0 aromatic heterocycles. The highest BCUT2D eigenvalue weighted by Gasteiger charge is 2.12. The van der Waals surface area contributed by atoms with Gasteiger partial charge in [-0.2, -0.15) is 0 Å². The molecular formula is C15H22BrCl. The van der Waals surface area contributed by atoms with Crippen LogP contribution in [0.1, 0.15) is 56.9 Å². The normalized spacial score (nSPS) is 12.6. The molecule has 0 heterocycles. The van der Waals surface area contributed by atoms with E-state index < -0.39 is 0 Å². The molecule has 0 aliphatic heterocycles. The fourth-order valence-electron chi connectivity index (χ4n) is 2.12. The molecule has 1 atom stereocenters. The summed E-state index contributed by atoms with van der Waals surface area (Å²) in [7, 11) is 0. The first-order valence-corrected chi connectivity index (χ1v) is 7.92. The first-order valence-electron chi connectivity index (χ1n) is 6.60. The van der Waals surface area contributed by atoms with Gasteiger partial charge in [-0.3, -0.25) is 0 Å². The van der Waals surface area contributed by atoms with Crippen LogP contribution in [-0.2, 0) is 0 Å². The highest BCUT2D eigenvalue weighted by atomic mass is 79.9. The van der Waals surface area contributed by atoms with Crippen LogP contribution < -0.4 is 0 Å². The minimum atomic E-state index is 0.494. The molecular weight excluding hydrogens is 296 g/mol. The van der Waals surface area contributed by atoms with Gasteiger partial charge >= 0.3 is 0 Å². The molecule has 1 aromatic carbocycles. The average molecular weight is 318 g/mol. The van der Waals surface area contributed by atoms with Crippen molar-refractivity contribution in [3.8, 4) is 0 Å². The molecule has 0 amide bonds. The molecule has 1 unspecified atom stereocenters. The van der Waals surface area contributed by atoms with E-state index in [9.17, 15) is 0 Å². The summed E-state index contributed by atoms with van der Waals surface area (Å²) in [5, 5.41) is 0. The quantitative estimate of drug-likeness (QED) is 0.399. The monoisotopic (exact) mass is 316 g/mol. The Balaban J connectivity index is 2.41. The third-order valence-corrected chi connectivity index (χ3v) is 4.28. The maximum absolute atomic E-state index is 6.09. The van der Waals surface area contributed by atoms with Crippen LogP contribution in [0, 0.1) is 0 Å². The van der Waals surface area contributed by atoms with Gasteiger partial charge in [0.05, 0.1) is 0 Å². The van der Waals surface area contributed by atoms with Gasteiger partial charge in [-0.25, -0.2) is 0 Å². The number of alkyl halides is 1. The minimum Gasteiger partial charge on any atom is -0.126 e. The summed E-state index contributed by atoms with van der Waals surface area (Å²) in [5.41, 5.74) is 1.36. The number of hydrogen-bond acceptors (Lipinski definition) is 0. The Morgan fingerprint density at radius 3 is 2.47 bits per heavy atom. The van der Waals surface area contributed by atoms with E-state index in [1.54, 1.807) is 0 Å². The largest absolute Gasteiger partial charge is 0.126 e. The molecule has 0 aliphatic carbocycles. The summed E-state index contributed by atoms with van der Waals surface area (Å²) >= 11 is 9.71. The molecule has 2 heteroatoms. The number of halogens is 2. The van der Waals surface area contributed by atoms with Crippen LogP contribution in [0.25, 0.3) is 0 Å². The molecule has 1 aromatic rings. The van der Waals surface area contributed by atoms with Crippen LogP contribution in [-0.4, -0.2) is 5.88 Å². The Hall–Kier alpha value is -0.0100. The highest BCUT2D eigenvalue weighted by Crippen LogP contribution is 2.29. The summed E-state index contributed by atoms with van der Waals surface area (Å²) in [6.45, 7) is 2.25. The number of benzene rings is 1. The Morgan fingerprint density at radius 1 is 1.12 bits per heavy atom. The topological polar surface area (TPSA) is 0 Å². The van der Waals surface area contributed by atoms with Crippen LogP contribution in [0.3, 0.4) is 0 Å². The van der Waals surface area contributed by atoms with Crippen molar-refractivity contribution in [3.63, 3.8) is 0 Å². The van der Waals surface area contributed by atoms with Crippen molar-refractivity contribution in [1.82, 2.24) is 0 Å². The smallest absolute Gasteiger partial charge is 0.0292 e.